The second-order valence-corrected chi connectivity index (χ2v) is 5.91. The minimum Gasteiger partial charge on any atom is -0.444 e. The van der Waals surface area contributed by atoms with Gasteiger partial charge in [-0.15, -0.1) is 6.58 Å². The molecule has 2 amide bonds. The van der Waals surface area contributed by atoms with Gasteiger partial charge in [0.15, 0.2) is 0 Å². The van der Waals surface area contributed by atoms with Crippen molar-refractivity contribution in [2.45, 2.75) is 19.6 Å². The molecular formula is C20H21N3O5. The van der Waals surface area contributed by atoms with Crippen LogP contribution >= 0.6 is 0 Å². The predicted molar refractivity (Wildman–Crippen MR) is 102 cm³/mol. The summed E-state index contributed by atoms with van der Waals surface area (Å²) in [5, 5.41) is 4.84. The second kappa shape index (κ2) is 9.86. The Bertz CT molecular complexity index is 873. The van der Waals surface area contributed by atoms with Gasteiger partial charge in [0.2, 0.25) is 5.91 Å². The molecule has 0 unspecified atom stereocenters. The number of benzene rings is 1. The van der Waals surface area contributed by atoms with E-state index in [2.05, 4.69) is 17.2 Å². The van der Waals surface area contributed by atoms with Gasteiger partial charge in [0, 0.05) is 6.20 Å². The Labute approximate surface area is 162 Å². The highest BCUT2D eigenvalue weighted by Gasteiger charge is 2.22. The number of hydrogen-bond donors (Lipinski definition) is 2. The minimum atomic E-state index is -1.06. The quantitative estimate of drug-likeness (QED) is 0.675. The van der Waals surface area contributed by atoms with Crippen molar-refractivity contribution in [3.8, 4) is 0 Å². The predicted octanol–water partition coefficient (Wildman–Crippen LogP) is 1.66. The smallest absolute Gasteiger partial charge is 0.418 e. The lowest BCUT2D eigenvalue weighted by Gasteiger charge is -2.15. The van der Waals surface area contributed by atoms with Crippen LogP contribution in [0.1, 0.15) is 23.0 Å². The first-order chi connectivity index (χ1) is 13.4. The zero-order valence-electron chi connectivity index (χ0n) is 15.4. The summed E-state index contributed by atoms with van der Waals surface area (Å²) in [4.78, 5) is 47.8. The molecule has 0 saturated carbocycles. The van der Waals surface area contributed by atoms with Crippen LogP contribution < -0.4 is 10.6 Å². The molecule has 1 heterocycles. The summed E-state index contributed by atoms with van der Waals surface area (Å²) in [6.07, 6.45) is 1.89. The number of carbonyl (C=O) groups is 4. The molecule has 1 aromatic carbocycles. The van der Waals surface area contributed by atoms with E-state index in [4.69, 9.17) is 4.74 Å². The molecule has 8 nitrogen and oxygen atoms in total. The van der Waals surface area contributed by atoms with Crippen LogP contribution in [0.15, 0.2) is 61.3 Å². The summed E-state index contributed by atoms with van der Waals surface area (Å²) in [6, 6.07) is 11.0. The van der Waals surface area contributed by atoms with Crippen LogP contribution in [-0.4, -0.2) is 40.8 Å². The number of nitrogens with zero attached hydrogens (tertiary/aromatic N) is 1. The fourth-order valence-corrected chi connectivity index (χ4v) is 2.28. The Morgan fingerprint density at radius 2 is 1.86 bits per heavy atom. The Morgan fingerprint density at radius 1 is 1.14 bits per heavy atom. The highest BCUT2D eigenvalue weighted by atomic mass is 16.5. The monoisotopic (exact) mass is 383 g/mol. The molecule has 0 aliphatic rings. The molecule has 1 atom stereocenters. The van der Waals surface area contributed by atoms with E-state index in [-0.39, 0.29) is 24.6 Å². The van der Waals surface area contributed by atoms with E-state index in [0.29, 0.717) is 0 Å². The van der Waals surface area contributed by atoms with E-state index < -0.39 is 23.9 Å². The summed E-state index contributed by atoms with van der Waals surface area (Å²) >= 11 is 0. The van der Waals surface area contributed by atoms with Crippen molar-refractivity contribution in [3.63, 3.8) is 0 Å². The molecular weight excluding hydrogens is 362 g/mol. The lowest BCUT2D eigenvalue weighted by Crippen LogP contribution is -2.47. The van der Waals surface area contributed by atoms with Crippen LogP contribution in [0.4, 0.5) is 4.79 Å². The van der Waals surface area contributed by atoms with Crippen LogP contribution in [0.5, 0.6) is 0 Å². The Balaban J connectivity index is 2.01. The molecule has 0 aliphatic carbocycles. The van der Waals surface area contributed by atoms with Crippen molar-refractivity contribution in [3.05, 3.63) is 72.6 Å². The first-order valence-electron chi connectivity index (χ1n) is 8.51. The largest absolute Gasteiger partial charge is 0.444 e. The molecule has 0 spiro atoms. The fourth-order valence-electron chi connectivity index (χ4n) is 2.28. The fraction of sp³-hybridized carbons (Fsp3) is 0.200. The maximum Gasteiger partial charge on any atom is 0.418 e. The number of rotatable bonds is 8. The van der Waals surface area contributed by atoms with Crippen molar-refractivity contribution in [2.24, 2.45) is 0 Å². The molecule has 146 valence electrons. The molecule has 2 N–H and O–H groups in total. The molecule has 8 heteroatoms. The molecule has 0 bridgehead atoms. The van der Waals surface area contributed by atoms with E-state index in [1.54, 1.807) is 0 Å². The van der Waals surface area contributed by atoms with E-state index in [0.717, 1.165) is 10.1 Å². The van der Waals surface area contributed by atoms with Gasteiger partial charge < -0.3 is 15.4 Å². The normalized spacial score (nSPS) is 11.2. The molecule has 2 rings (SSSR count). The third-order valence-corrected chi connectivity index (χ3v) is 3.70. The molecule has 1 aromatic heterocycles. The zero-order chi connectivity index (χ0) is 20.5. The average molecular weight is 383 g/mol. The minimum absolute atomic E-state index is 0.00396. The van der Waals surface area contributed by atoms with Crippen molar-refractivity contribution < 1.29 is 23.9 Å². The Morgan fingerprint density at radius 3 is 2.50 bits per heavy atom. The number of nitrogens with one attached hydrogen (secondary N) is 2. The molecule has 0 aliphatic heterocycles. The van der Waals surface area contributed by atoms with E-state index >= 15 is 0 Å². The Hall–Kier alpha value is -3.68. The number of ketones is 1. The molecule has 0 fully saturated rings. The van der Waals surface area contributed by atoms with Gasteiger partial charge in [0.05, 0.1) is 6.54 Å². The van der Waals surface area contributed by atoms with Gasteiger partial charge in [-0.25, -0.2) is 9.36 Å². The summed E-state index contributed by atoms with van der Waals surface area (Å²) < 4.78 is 6.26. The van der Waals surface area contributed by atoms with Crippen molar-refractivity contribution in [1.29, 1.82) is 0 Å². The summed E-state index contributed by atoms with van der Waals surface area (Å²) in [5.74, 6) is -1.47. The number of aromatic nitrogens is 1. The van der Waals surface area contributed by atoms with Gasteiger partial charge >= 0.3 is 6.09 Å². The highest BCUT2D eigenvalue weighted by molar-refractivity contribution is 5.99. The van der Waals surface area contributed by atoms with E-state index in [9.17, 15) is 19.2 Å². The number of hydrogen-bond acceptors (Lipinski definition) is 5. The summed E-state index contributed by atoms with van der Waals surface area (Å²) in [7, 11) is 0. The zero-order valence-corrected chi connectivity index (χ0v) is 15.4. The second-order valence-electron chi connectivity index (χ2n) is 5.91. The van der Waals surface area contributed by atoms with Crippen LogP contribution in [0.3, 0.4) is 0 Å². The van der Waals surface area contributed by atoms with Gasteiger partial charge in [0.25, 0.3) is 5.91 Å². The van der Waals surface area contributed by atoms with E-state index in [1.165, 1.54) is 31.3 Å². The van der Waals surface area contributed by atoms with Gasteiger partial charge in [-0.3, -0.25) is 14.4 Å². The topological polar surface area (TPSA) is 106 Å². The number of ether oxygens (including phenoxy) is 1. The number of carbonyl (C=O) groups excluding carboxylic acids is 4. The molecule has 0 radical (unpaired) electrons. The maximum absolute atomic E-state index is 12.5. The van der Waals surface area contributed by atoms with Crippen LogP contribution in [-0.2, 0) is 20.9 Å². The third-order valence-electron chi connectivity index (χ3n) is 3.70. The van der Waals surface area contributed by atoms with Crippen molar-refractivity contribution in [2.75, 3.05) is 6.54 Å². The third kappa shape index (κ3) is 5.66. The molecule has 2 aromatic rings. The number of Topliss-reactive ketones (excluding diaryl/α,β-unsaturated/α-hetero) is 1. The van der Waals surface area contributed by atoms with Crippen molar-refractivity contribution >= 4 is 23.7 Å². The standard InChI is InChI=1S/C20H21N3O5/c1-3-16(18(25)21-12-14(2)24)22-19(26)17-10-7-11-23(17)20(27)28-13-15-8-5-4-6-9-15/h3-11,16H,1,12-13H2,2H3,(H,21,25)(H,22,26)/t16-/m0/s1. The first kappa shape index (κ1) is 20.6. The van der Waals surface area contributed by atoms with Gasteiger partial charge in [-0.1, -0.05) is 36.4 Å². The molecule has 0 saturated heterocycles. The van der Waals surface area contributed by atoms with Gasteiger partial charge in [0.1, 0.15) is 24.1 Å². The number of amides is 2. The highest BCUT2D eigenvalue weighted by Crippen LogP contribution is 2.07. The van der Waals surface area contributed by atoms with E-state index in [1.807, 2.05) is 30.3 Å². The first-order valence-corrected chi connectivity index (χ1v) is 8.51. The van der Waals surface area contributed by atoms with Crippen LogP contribution in [0, 0.1) is 0 Å². The van der Waals surface area contributed by atoms with Crippen LogP contribution in [0.25, 0.3) is 0 Å². The average Bonchev–Trinajstić information content (AvgIpc) is 3.19. The van der Waals surface area contributed by atoms with Gasteiger partial charge in [-0.05, 0) is 24.6 Å². The molecule has 28 heavy (non-hydrogen) atoms. The summed E-state index contributed by atoms with van der Waals surface area (Å²) in [6.45, 7) is 4.74. The SMILES string of the molecule is C=C[C@H](NC(=O)c1cccn1C(=O)OCc1ccccc1)C(=O)NCC(C)=O. The lowest BCUT2D eigenvalue weighted by atomic mass is 10.2. The van der Waals surface area contributed by atoms with Crippen molar-refractivity contribution in [1.82, 2.24) is 15.2 Å². The Kier molecular flexibility index (Phi) is 7.27. The lowest BCUT2D eigenvalue weighted by molar-refractivity contribution is -0.125. The maximum atomic E-state index is 12.5. The summed E-state index contributed by atoms with van der Waals surface area (Å²) in [5.41, 5.74) is 0.812. The van der Waals surface area contributed by atoms with Gasteiger partial charge in [-0.2, -0.15) is 0 Å². The van der Waals surface area contributed by atoms with Crippen LogP contribution in [0.2, 0.25) is 0 Å².